The normalized spacial score (nSPS) is 16.4. The molecule has 1 atom stereocenters. The van der Waals surface area contributed by atoms with Gasteiger partial charge < -0.3 is 21.7 Å². The lowest BCUT2D eigenvalue weighted by atomic mass is 10.1. The molecule has 1 aliphatic rings. The average Bonchev–Trinajstić information content (AvgIpc) is 2.86. The van der Waals surface area contributed by atoms with Gasteiger partial charge in [-0.1, -0.05) is 24.3 Å². The van der Waals surface area contributed by atoms with E-state index in [9.17, 15) is 14.0 Å². The minimum Gasteiger partial charge on any atom is -0.351 e. The van der Waals surface area contributed by atoms with Crippen LogP contribution in [0.4, 0.5) is 14.9 Å². The first-order valence-corrected chi connectivity index (χ1v) is 9.82. The van der Waals surface area contributed by atoms with Crippen molar-refractivity contribution in [2.45, 2.75) is 25.3 Å². The highest BCUT2D eigenvalue weighted by molar-refractivity contribution is 7.15. The fourth-order valence-corrected chi connectivity index (χ4v) is 3.81. The van der Waals surface area contributed by atoms with E-state index in [0.717, 1.165) is 37.1 Å². The third-order valence-corrected chi connectivity index (χ3v) is 5.28. The summed E-state index contributed by atoms with van der Waals surface area (Å²) in [7, 11) is 0. The molecule has 1 unspecified atom stereocenters. The lowest BCUT2D eigenvalue weighted by molar-refractivity contribution is 0.0940. The number of hydrogen-bond donors (Lipinski definition) is 4. The summed E-state index contributed by atoms with van der Waals surface area (Å²) in [5, 5.41) is 8.77. The minimum absolute atomic E-state index is 0.0281. The van der Waals surface area contributed by atoms with Crippen molar-refractivity contribution in [3.8, 4) is 11.8 Å². The zero-order valence-electron chi connectivity index (χ0n) is 15.2. The Balaban J connectivity index is 1.81. The Morgan fingerprint density at radius 2 is 2.11 bits per heavy atom. The van der Waals surface area contributed by atoms with Crippen molar-refractivity contribution in [1.82, 2.24) is 10.6 Å². The summed E-state index contributed by atoms with van der Waals surface area (Å²) in [4.78, 5) is 24.9. The van der Waals surface area contributed by atoms with Gasteiger partial charge in [0.1, 0.15) is 10.7 Å². The first kappa shape index (κ1) is 19.9. The van der Waals surface area contributed by atoms with E-state index in [1.165, 1.54) is 12.1 Å². The van der Waals surface area contributed by atoms with E-state index in [0.29, 0.717) is 27.5 Å². The smallest absolute Gasteiger partial charge is 0.316 e. The molecule has 146 valence electrons. The van der Waals surface area contributed by atoms with Crippen LogP contribution in [-0.4, -0.2) is 31.1 Å². The maximum absolute atomic E-state index is 13.3. The second kappa shape index (κ2) is 9.35. The molecule has 2 aromatic rings. The summed E-state index contributed by atoms with van der Waals surface area (Å²) in [6, 6.07) is 6.81. The van der Waals surface area contributed by atoms with Crippen LogP contribution in [0.3, 0.4) is 0 Å². The molecule has 0 radical (unpaired) electrons. The minimum atomic E-state index is -0.757. The molecule has 0 bridgehead atoms. The molecule has 6 nitrogen and oxygen atoms in total. The maximum atomic E-state index is 13.3. The van der Waals surface area contributed by atoms with Crippen LogP contribution in [0.25, 0.3) is 0 Å². The predicted octanol–water partition coefficient (Wildman–Crippen LogP) is 2.65. The van der Waals surface area contributed by atoms with Crippen LogP contribution in [-0.2, 0) is 0 Å². The van der Waals surface area contributed by atoms with E-state index < -0.39 is 6.03 Å². The molecule has 28 heavy (non-hydrogen) atoms. The second-order valence-electron chi connectivity index (χ2n) is 6.47. The number of urea groups is 1. The molecule has 1 saturated heterocycles. The summed E-state index contributed by atoms with van der Waals surface area (Å²) in [6.45, 7) is 1.65. The first-order chi connectivity index (χ1) is 13.5. The zero-order valence-corrected chi connectivity index (χ0v) is 16.0. The fraction of sp³-hybridized carbons (Fsp3) is 0.300. The van der Waals surface area contributed by atoms with Crippen molar-refractivity contribution in [3.63, 3.8) is 0 Å². The predicted molar refractivity (Wildman–Crippen MR) is 108 cm³/mol. The number of carbonyl (C=O) groups excluding carboxylic acids is 2. The number of carbonyl (C=O) groups is 2. The average molecular weight is 400 g/mol. The maximum Gasteiger partial charge on any atom is 0.316 e. The molecule has 1 aromatic carbocycles. The lowest BCUT2D eigenvalue weighted by Crippen LogP contribution is -2.40. The van der Waals surface area contributed by atoms with Gasteiger partial charge in [0, 0.05) is 18.2 Å². The topological polar surface area (TPSA) is 96.2 Å². The Morgan fingerprint density at radius 1 is 1.25 bits per heavy atom. The lowest BCUT2D eigenvalue weighted by Gasteiger charge is -2.16. The number of primary amides is 1. The number of anilines is 1. The van der Waals surface area contributed by atoms with Gasteiger partial charge in [0.15, 0.2) is 0 Å². The largest absolute Gasteiger partial charge is 0.351 e. The van der Waals surface area contributed by atoms with Gasteiger partial charge in [-0.05, 0) is 43.7 Å². The molecule has 2 heterocycles. The Morgan fingerprint density at radius 3 is 2.89 bits per heavy atom. The Bertz CT molecular complexity index is 924. The van der Waals surface area contributed by atoms with Crippen LogP contribution in [0.15, 0.2) is 30.3 Å². The van der Waals surface area contributed by atoms with Gasteiger partial charge in [-0.3, -0.25) is 4.79 Å². The fourth-order valence-electron chi connectivity index (χ4n) is 2.94. The summed E-state index contributed by atoms with van der Waals surface area (Å²) < 4.78 is 13.3. The molecule has 0 aliphatic carbocycles. The monoisotopic (exact) mass is 400 g/mol. The van der Waals surface area contributed by atoms with E-state index in [-0.39, 0.29) is 17.8 Å². The van der Waals surface area contributed by atoms with Gasteiger partial charge in [-0.25, -0.2) is 9.18 Å². The molecule has 1 aromatic heterocycles. The van der Waals surface area contributed by atoms with Gasteiger partial charge in [-0.15, -0.1) is 11.3 Å². The molecule has 0 spiro atoms. The van der Waals surface area contributed by atoms with Gasteiger partial charge in [-0.2, -0.15) is 0 Å². The molecule has 1 aliphatic heterocycles. The van der Waals surface area contributed by atoms with Crippen molar-refractivity contribution in [1.29, 1.82) is 0 Å². The molecule has 1 fully saturated rings. The van der Waals surface area contributed by atoms with Crippen molar-refractivity contribution in [3.05, 3.63) is 51.5 Å². The molecular weight excluding hydrogens is 379 g/mol. The number of benzene rings is 1. The molecule has 0 saturated carbocycles. The quantitative estimate of drug-likeness (QED) is 0.597. The van der Waals surface area contributed by atoms with Crippen LogP contribution >= 0.6 is 11.3 Å². The van der Waals surface area contributed by atoms with Crippen LogP contribution in [0.5, 0.6) is 0 Å². The molecule has 3 amide bonds. The Labute approximate surface area is 166 Å². The highest BCUT2D eigenvalue weighted by Gasteiger charge is 2.21. The summed E-state index contributed by atoms with van der Waals surface area (Å²) in [5.74, 6) is 5.12. The number of amides is 3. The SMILES string of the molecule is NC(=O)Nc1cc(C#Cc2cccc(F)c2)sc1C(=O)NC1CCCCNC1. The van der Waals surface area contributed by atoms with Crippen LogP contribution in [0.2, 0.25) is 0 Å². The number of nitrogens with two attached hydrogens (primary N) is 1. The Hall–Kier alpha value is -2.89. The summed E-state index contributed by atoms with van der Waals surface area (Å²) in [5.41, 5.74) is 6.07. The van der Waals surface area contributed by atoms with Crippen molar-refractivity contribution in [2.24, 2.45) is 5.73 Å². The summed E-state index contributed by atoms with van der Waals surface area (Å²) >= 11 is 1.16. The molecular formula is C20H21FN4O2S. The zero-order chi connectivity index (χ0) is 19.9. The van der Waals surface area contributed by atoms with Crippen molar-refractivity contribution >= 4 is 29.0 Å². The van der Waals surface area contributed by atoms with E-state index in [1.54, 1.807) is 18.2 Å². The van der Waals surface area contributed by atoms with Gasteiger partial charge in [0.05, 0.1) is 10.6 Å². The first-order valence-electron chi connectivity index (χ1n) is 9.01. The third-order valence-electron chi connectivity index (χ3n) is 4.23. The number of hydrogen-bond acceptors (Lipinski definition) is 4. The molecule has 3 rings (SSSR count). The summed E-state index contributed by atoms with van der Waals surface area (Å²) in [6.07, 6.45) is 3.02. The van der Waals surface area contributed by atoms with E-state index >= 15 is 0 Å². The van der Waals surface area contributed by atoms with Crippen LogP contribution in [0, 0.1) is 17.7 Å². The third kappa shape index (κ3) is 5.55. The highest BCUT2D eigenvalue weighted by atomic mass is 32.1. The van der Waals surface area contributed by atoms with Gasteiger partial charge >= 0.3 is 6.03 Å². The van der Waals surface area contributed by atoms with Crippen LogP contribution < -0.4 is 21.7 Å². The molecule has 5 N–H and O–H groups in total. The van der Waals surface area contributed by atoms with Gasteiger partial charge in [0.25, 0.3) is 5.91 Å². The van der Waals surface area contributed by atoms with Crippen molar-refractivity contribution < 1.29 is 14.0 Å². The molecule has 8 heteroatoms. The number of thiophene rings is 1. The standard InChI is InChI=1S/C20H21FN4O2S/c21-14-5-3-4-13(10-14)7-8-16-11-17(25-20(22)27)18(28-16)19(26)24-15-6-1-2-9-23-12-15/h3-5,10-11,15,23H,1-2,6,9,12H2,(H,24,26)(H3,22,25,27). The van der Waals surface area contributed by atoms with E-state index in [2.05, 4.69) is 27.8 Å². The number of rotatable bonds is 3. The van der Waals surface area contributed by atoms with Crippen molar-refractivity contribution in [2.75, 3.05) is 18.4 Å². The van der Waals surface area contributed by atoms with E-state index in [1.807, 2.05) is 0 Å². The Kier molecular flexibility index (Phi) is 6.63. The number of halogens is 1. The second-order valence-corrected chi connectivity index (χ2v) is 7.53. The van der Waals surface area contributed by atoms with E-state index in [4.69, 9.17) is 5.73 Å². The van der Waals surface area contributed by atoms with Crippen LogP contribution in [0.1, 0.15) is 39.4 Å². The highest BCUT2D eigenvalue weighted by Crippen LogP contribution is 2.27. The number of nitrogens with one attached hydrogen (secondary N) is 3. The van der Waals surface area contributed by atoms with Gasteiger partial charge in [0.2, 0.25) is 0 Å².